The normalized spacial score (nSPS) is 12.0. The molecule has 0 aliphatic rings. The molecule has 0 unspecified atom stereocenters. The SMILES string of the molecule is CCOC(=O)[C@@H](C)Cc1ccc(OCCOCCO)cc1. The van der Waals surface area contributed by atoms with Crippen molar-refractivity contribution in [3.8, 4) is 5.75 Å². The van der Waals surface area contributed by atoms with E-state index in [0.717, 1.165) is 11.3 Å². The second-order valence-electron chi connectivity index (χ2n) is 4.69. The minimum absolute atomic E-state index is 0.0212. The van der Waals surface area contributed by atoms with Gasteiger partial charge < -0.3 is 19.3 Å². The first-order valence-electron chi connectivity index (χ1n) is 7.24. The molecule has 1 N–H and O–H groups in total. The number of aliphatic hydroxyl groups excluding tert-OH is 1. The Kier molecular flexibility index (Phi) is 8.47. The average Bonchev–Trinajstić information content (AvgIpc) is 2.49. The smallest absolute Gasteiger partial charge is 0.308 e. The van der Waals surface area contributed by atoms with Crippen LogP contribution in [0.25, 0.3) is 0 Å². The maximum Gasteiger partial charge on any atom is 0.308 e. The van der Waals surface area contributed by atoms with E-state index in [1.807, 2.05) is 31.2 Å². The second kappa shape index (κ2) is 10.2. The first-order valence-corrected chi connectivity index (χ1v) is 7.24. The Morgan fingerprint density at radius 2 is 1.90 bits per heavy atom. The van der Waals surface area contributed by atoms with E-state index in [2.05, 4.69) is 0 Å². The van der Waals surface area contributed by atoms with Gasteiger partial charge in [0.25, 0.3) is 0 Å². The third kappa shape index (κ3) is 7.11. The molecule has 0 amide bonds. The van der Waals surface area contributed by atoms with Gasteiger partial charge in [0.2, 0.25) is 0 Å². The lowest BCUT2D eigenvalue weighted by Crippen LogP contribution is -2.16. The minimum Gasteiger partial charge on any atom is -0.491 e. The lowest BCUT2D eigenvalue weighted by Gasteiger charge is -2.11. The Bertz CT molecular complexity index is 402. The van der Waals surface area contributed by atoms with Crippen LogP contribution < -0.4 is 4.74 Å². The van der Waals surface area contributed by atoms with Gasteiger partial charge in [-0.2, -0.15) is 0 Å². The molecule has 0 aliphatic carbocycles. The molecule has 1 rings (SSSR count). The van der Waals surface area contributed by atoms with Gasteiger partial charge in [-0.1, -0.05) is 19.1 Å². The zero-order chi connectivity index (χ0) is 15.5. The molecule has 1 aromatic carbocycles. The minimum atomic E-state index is -0.168. The van der Waals surface area contributed by atoms with Crippen LogP contribution in [0.5, 0.6) is 5.75 Å². The first-order chi connectivity index (χ1) is 10.2. The summed E-state index contributed by atoms with van der Waals surface area (Å²) < 4.78 is 15.6. The van der Waals surface area contributed by atoms with Gasteiger partial charge in [-0.15, -0.1) is 0 Å². The number of hydrogen-bond acceptors (Lipinski definition) is 5. The summed E-state index contributed by atoms with van der Waals surface area (Å²) in [5.41, 5.74) is 1.07. The number of carbonyl (C=O) groups excluding carboxylic acids is 1. The number of esters is 1. The predicted molar refractivity (Wildman–Crippen MR) is 79.3 cm³/mol. The van der Waals surface area contributed by atoms with Crippen molar-refractivity contribution in [3.05, 3.63) is 29.8 Å². The number of benzene rings is 1. The summed E-state index contributed by atoms with van der Waals surface area (Å²) in [6.45, 7) is 5.32. The fourth-order valence-corrected chi connectivity index (χ4v) is 1.83. The van der Waals surface area contributed by atoms with Crippen LogP contribution >= 0.6 is 0 Å². The number of carbonyl (C=O) groups is 1. The van der Waals surface area contributed by atoms with Crippen LogP contribution in [0.1, 0.15) is 19.4 Å². The van der Waals surface area contributed by atoms with E-state index in [4.69, 9.17) is 19.3 Å². The van der Waals surface area contributed by atoms with Crippen molar-refractivity contribution in [1.82, 2.24) is 0 Å². The molecule has 0 heterocycles. The van der Waals surface area contributed by atoms with E-state index in [0.29, 0.717) is 32.8 Å². The van der Waals surface area contributed by atoms with Crippen molar-refractivity contribution >= 4 is 5.97 Å². The largest absolute Gasteiger partial charge is 0.491 e. The molecular weight excluding hydrogens is 272 g/mol. The topological polar surface area (TPSA) is 65.0 Å². The second-order valence-corrected chi connectivity index (χ2v) is 4.69. The highest BCUT2D eigenvalue weighted by molar-refractivity contribution is 5.72. The summed E-state index contributed by atoms with van der Waals surface area (Å²) in [7, 11) is 0. The Morgan fingerprint density at radius 3 is 2.52 bits per heavy atom. The molecule has 0 spiro atoms. The van der Waals surface area contributed by atoms with Crippen molar-refractivity contribution in [2.45, 2.75) is 20.3 Å². The standard InChI is InChI=1S/C16H24O5/c1-3-20-16(18)13(2)12-14-4-6-15(7-5-14)21-11-10-19-9-8-17/h4-7,13,17H,3,8-12H2,1-2H3/t13-/m0/s1. The zero-order valence-electron chi connectivity index (χ0n) is 12.7. The summed E-state index contributed by atoms with van der Waals surface area (Å²) in [6, 6.07) is 7.64. The van der Waals surface area contributed by atoms with Gasteiger partial charge in [0.1, 0.15) is 12.4 Å². The van der Waals surface area contributed by atoms with E-state index < -0.39 is 0 Å². The zero-order valence-corrected chi connectivity index (χ0v) is 12.7. The number of hydrogen-bond donors (Lipinski definition) is 1. The van der Waals surface area contributed by atoms with Gasteiger partial charge in [-0.3, -0.25) is 4.79 Å². The molecule has 5 nitrogen and oxygen atoms in total. The Morgan fingerprint density at radius 1 is 1.19 bits per heavy atom. The van der Waals surface area contributed by atoms with Gasteiger partial charge in [0.15, 0.2) is 0 Å². The van der Waals surface area contributed by atoms with E-state index in [-0.39, 0.29) is 18.5 Å². The monoisotopic (exact) mass is 296 g/mol. The fraction of sp³-hybridized carbons (Fsp3) is 0.562. The molecular formula is C16H24O5. The molecule has 5 heteroatoms. The quantitative estimate of drug-likeness (QED) is 0.527. The molecule has 0 fully saturated rings. The highest BCUT2D eigenvalue weighted by Crippen LogP contribution is 2.15. The molecule has 0 radical (unpaired) electrons. The lowest BCUT2D eigenvalue weighted by molar-refractivity contribution is -0.147. The molecule has 0 saturated carbocycles. The van der Waals surface area contributed by atoms with Gasteiger partial charge in [0.05, 0.1) is 32.3 Å². The van der Waals surface area contributed by atoms with Gasteiger partial charge in [-0.05, 0) is 31.0 Å². The molecule has 0 aliphatic heterocycles. The third-order valence-electron chi connectivity index (χ3n) is 2.89. The fourth-order valence-electron chi connectivity index (χ4n) is 1.83. The summed E-state index contributed by atoms with van der Waals surface area (Å²) in [6.07, 6.45) is 0.652. The van der Waals surface area contributed by atoms with Crippen LogP contribution in [0.4, 0.5) is 0 Å². The maximum atomic E-state index is 11.6. The van der Waals surface area contributed by atoms with Gasteiger partial charge >= 0.3 is 5.97 Å². The number of aliphatic hydroxyl groups is 1. The van der Waals surface area contributed by atoms with E-state index in [1.54, 1.807) is 6.92 Å². The highest BCUT2D eigenvalue weighted by Gasteiger charge is 2.14. The maximum absolute atomic E-state index is 11.6. The molecule has 0 aromatic heterocycles. The van der Waals surface area contributed by atoms with Crippen LogP contribution in [-0.2, 0) is 20.7 Å². The van der Waals surface area contributed by atoms with E-state index in [1.165, 1.54) is 0 Å². The van der Waals surface area contributed by atoms with Gasteiger partial charge in [0, 0.05) is 0 Å². The average molecular weight is 296 g/mol. The van der Waals surface area contributed by atoms with E-state index >= 15 is 0 Å². The van der Waals surface area contributed by atoms with Crippen molar-refractivity contribution in [3.63, 3.8) is 0 Å². The van der Waals surface area contributed by atoms with Crippen molar-refractivity contribution in [1.29, 1.82) is 0 Å². The molecule has 1 aromatic rings. The van der Waals surface area contributed by atoms with Crippen LogP contribution in [0.2, 0.25) is 0 Å². The first kappa shape index (κ1) is 17.5. The summed E-state index contributed by atoms with van der Waals surface area (Å²) in [4.78, 5) is 11.6. The summed E-state index contributed by atoms with van der Waals surface area (Å²) >= 11 is 0. The van der Waals surface area contributed by atoms with Crippen LogP contribution in [0.3, 0.4) is 0 Å². The molecule has 0 saturated heterocycles. The Hall–Kier alpha value is -1.59. The summed E-state index contributed by atoms with van der Waals surface area (Å²) in [5.74, 6) is 0.442. The van der Waals surface area contributed by atoms with Gasteiger partial charge in [-0.25, -0.2) is 0 Å². The van der Waals surface area contributed by atoms with Crippen molar-refractivity contribution < 1.29 is 24.1 Å². The summed E-state index contributed by atoms with van der Waals surface area (Å²) in [5, 5.41) is 8.56. The Balaban J connectivity index is 2.34. The van der Waals surface area contributed by atoms with Crippen LogP contribution in [-0.4, -0.2) is 44.1 Å². The molecule has 21 heavy (non-hydrogen) atoms. The molecule has 118 valence electrons. The number of ether oxygens (including phenoxy) is 3. The number of rotatable bonds is 10. The van der Waals surface area contributed by atoms with Crippen LogP contribution in [0.15, 0.2) is 24.3 Å². The van der Waals surface area contributed by atoms with Crippen molar-refractivity contribution in [2.24, 2.45) is 5.92 Å². The van der Waals surface area contributed by atoms with Crippen LogP contribution in [0, 0.1) is 5.92 Å². The lowest BCUT2D eigenvalue weighted by atomic mass is 10.0. The third-order valence-corrected chi connectivity index (χ3v) is 2.89. The molecule has 0 bridgehead atoms. The van der Waals surface area contributed by atoms with Crippen molar-refractivity contribution in [2.75, 3.05) is 33.0 Å². The highest BCUT2D eigenvalue weighted by atomic mass is 16.5. The predicted octanol–water partition coefficient (Wildman–Crippen LogP) is 1.82. The Labute approximate surface area is 125 Å². The molecule has 1 atom stereocenters. The van der Waals surface area contributed by atoms with E-state index in [9.17, 15) is 4.79 Å².